The largest absolute Gasteiger partial charge is 0.396 e. The Hall–Kier alpha value is -1.68. The van der Waals surface area contributed by atoms with Gasteiger partial charge in [-0.25, -0.2) is 4.39 Å². The Morgan fingerprint density at radius 3 is 2.73 bits per heavy atom. The third-order valence-electron chi connectivity index (χ3n) is 2.00. The Labute approximate surface area is 90.2 Å². The van der Waals surface area contributed by atoms with Gasteiger partial charge in [-0.2, -0.15) is 0 Å². The van der Waals surface area contributed by atoms with E-state index in [4.69, 9.17) is 5.73 Å². The summed E-state index contributed by atoms with van der Waals surface area (Å²) in [5.41, 5.74) is 5.80. The Morgan fingerprint density at radius 1 is 1.33 bits per heavy atom. The molecule has 0 fully saturated rings. The van der Waals surface area contributed by atoms with Gasteiger partial charge in [0.2, 0.25) is 5.78 Å². The highest BCUT2D eigenvalue weighted by atomic mass is 32.1. The molecule has 0 radical (unpaired) electrons. The maximum atomic E-state index is 12.9. The van der Waals surface area contributed by atoms with Gasteiger partial charge in [0.15, 0.2) is 0 Å². The van der Waals surface area contributed by atoms with Crippen molar-refractivity contribution in [1.29, 1.82) is 0 Å². The van der Waals surface area contributed by atoms with Gasteiger partial charge in [0.05, 0.1) is 10.6 Å². The van der Waals surface area contributed by atoms with Gasteiger partial charge in [-0.15, -0.1) is 11.3 Å². The third-order valence-corrected chi connectivity index (χ3v) is 2.87. The fourth-order valence-corrected chi connectivity index (χ4v) is 1.92. The fourth-order valence-electron chi connectivity index (χ4n) is 1.24. The molecule has 2 rings (SSSR count). The van der Waals surface area contributed by atoms with E-state index in [1.54, 1.807) is 12.1 Å². The normalized spacial score (nSPS) is 10.2. The molecule has 4 heteroatoms. The first-order chi connectivity index (χ1) is 7.18. The number of benzene rings is 1. The fraction of sp³-hybridized carbons (Fsp3) is 0. The molecule has 15 heavy (non-hydrogen) atoms. The van der Waals surface area contributed by atoms with E-state index in [0.29, 0.717) is 10.4 Å². The topological polar surface area (TPSA) is 43.1 Å². The number of hydrogen-bond acceptors (Lipinski definition) is 3. The Balaban J connectivity index is 2.39. The van der Waals surface area contributed by atoms with Crippen LogP contribution in [0.5, 0.6) is 0 Å². The summed E-state index contributed by atoms with van der Waals surface area (Å²) in [6.07, 6.45) is 0. The summed E-state index contributed by atoms with van der Waals surface area (Å²) >= 11 is 1.35. The second kappa shape index (κ2) is 3.82. The zero-order valence-corrected chi connectivity index (χ0v) is 8.55. The van der Waals surface area contributed by atoms with Crippen LogP contribution in [0, 0.1) is 5.82 Å². The van der Waals surface area contributed by atoms with E-state index in [1.807, 2.05) is 5.38 Å². The van der Waals surface area contributed by atoms with Crippen LogP contribution in [0.3, 0.4) is 0 Å². The van der Waals surface area contributed by atoms with Gasteiger partial charge in [-0.05, 0) is 29.6 Å². The highest BCUT2D eigenvalue weighted by molar-refractivity contribution is 7.12. The summed E-state index contributed by atoms with van der Waals surface area (Å²) in [6.45, 7) is 0. The summed E-state index contributed by atoms with van der Waals surface area (Å²) in [6, 6.07) is 7.53. The minimum Gasteiger partial charge on any atom is -0.396 e. The lowest BCUT2D eigenvalue weighted by Crippen LogP contribution is -2.01. The summed E-state index contributed by atoms with van der Waals surface area (Å²) in [7, 11) is 0. The molecule has 0 atom stereocenters. The van der Waals surface area contributed by atoms with Crippen molar-refractivity contribution >= 4 is 22.8 Å². The molecule has 0 aliphatic rings. The Bertz CT molecular complexity index is 493. The predicted molar refractivity (Wildman–Crippen MR) is 58.6 cm³/mol. The molecular formula is C11H8FNOS. The molecule has 0 unspecified atom stereocenters. The van der Waals surface area contributed by atoms with E-state index in [9.17, 15) is 9.18 Å². The van der Waals surface area contributed by atoms with Gasteiger partial charge in [0.1, 0.15) is 5.82 Å². The molecule has 1 aromatic heterocycles. The monoisotopic (exact) mass is 221 g/mol. The van der Waals surface area contributed by atoms with Crippen LogP contribution in [0.25, 0.3) is 0 Å². The first-order valence-electron chi connectivity index (χ1n) is 4.31. The lowest BCUT2D eigenvalue weighted by molar-refractivity contribution is 0.104. The summed E-state index contributed by atoms with van der Waals surface area (Å²) < 4.78 is 12.9. The first kappa shape index (κ1) is 9.86. The zero-order chi connectivity index (χ0) is 10.8. The number of carbonyl (C=O) groups is 1. The number of nitrogen functional groups attached to an aromatic ring is 1. The van der Waals surface area contributed by atoms with E-state index in [0.717, 1.165) is 0 Å². The number of carbonyl (C=O) groups excluding carboxylic acids is 1. The molecule has 2 aromatic rings. The number of thiophene rings is 1. The highest BCUT2D eigenvalue weighted by Gasteiger charge is 2.11. The molecule has 0 aliphatic carbocycles. The average molecular weight is 221 g/mol. The van der Waals surface area contributed by atoms with E-state index in [-0.39, 0.29) is 11.5 Å². The van der Waals surface area contributed by atoms with Crippen LogP contribution in [-0.4, -0.2) is 5.78 Å². The standard InChI is InChI=1S/C11H8FNOS/c12-8-4-3-7(6-9(8)13)11(14)10-2-1-5-15-10/h1-6H,13H2. The van der Waals surface area contributed by atoms with Crippen LogP contribution < -0.4 is 5.73 Å². The molecule has 0 bridgehead atoms. The van der Waals surface area contributed by atoms with Crippen LogP contribution >= 0.6 is 11.3 Å². The minimum atomic E-state index is -0.502. The van der Waals surface area contributed by atoms with Gasteiger partial charge in [0, 0.05) is 5.56 Å². The van der Waals surface area contributed by atoms with Crippen molar-refractivity contribution in [2.75, 3.05) is 5.73 Å². The lowest BCUT2D eigenvalue weighted by Gasteiger charge is -2.00. The van der Waals surface area contributed by atoms with Crippen LogP contribution in [0.4, 0.5) is 10.1 Å². The molecule has 2 nitrogen and oxygen atoms in total. The Morgan fingerprint density at radius 2 is 2.13 bits per heavy atom. The molecular weight excluding hydrogens is 213 g/mol. The minimum absolute atomic E-state index is 0.00240. The summed E-state index contributed by atoms with van der Waals surface area (Å²) in [5, 5.41) is 1.82. The third kappa shape index (κ3) is 1.89. The van der Waals surface area contributed by atoms with Gasteiger partial charge >= 0.3 is 0 Å². The second-order valence-electron chi connectivity index (χ2n) is 3.04. The molecule has 2 N–H and O–H groups in total. The van der Waals surface area contributed by atoms with E-state index < -0.39 is 5.82 Å². The molecule has 0 saturated carbocycles. The number of halogens is 1. The van der Waals surface area contributed by atoms with Crippen molar-refractivity contribution in [2.45, 2.75) is 0 Å². The highest BCUT2D eigenvalue weighted by Crippen LogP contribution is 2.18. The SMILES string of the molecule is Nc1cc(C(=O)c2cccs2)ccc1F. The molecule has 0 aliphatic heterocycles. The van der Waals surface area contributed by atoms with E-state index in [2.05, 4.69) is 0 Å². The van der Waals surface area contributed by atoms with Gasteiger partial charge in [-0.3, -0.25) is 4.79 Å². The first-order valence-corrected chi connectivity index (χ1v) is 5.19. The van der Waals surface area contributed by atoms with Crippen LogP contribution in [0.1, 0.15) is 15.2 Å². The molecule has 0 spiro atoms. The zero-order valence-electron chi connectivity index (χ0n) is 7.74. The molecule has 0 saturated heterocycles. The van der Waals surface area contributed by atoms with E-state index >= 15 is 0 Å². The van der Waals surface area contributed by atoms with Crippen molar-refractivity contribution in [1.82, 2.24) is 0 Å². The maximum absolute atomic E-state index is 12.9. The smallest absolute Gasteiger partial charge is 0.203 e. The number of anilines is 1. The molecule has 1 heterocycles. The van der Waals surface area contributed by atoms with E-state index in [1.165, 1.54) is 29.5 Å². The number of nitrogens with two attached hydrogens (primary N) is 1. The number of hydrogen-bond donors (Lipinski definition) is 1. The van der Waals surface area contributed by atoms with Crippen molar-refractivity contribution in [3.63, 3.8) is 0 Å². The van der Waals surface area contributed by atoms with Gasteiger partial charge in [-0.1, -0.05) is 6.07 Å². The summed E-state index contributed by atoms with van der Waals surface area (Å²) in [4.78, 5) is 12.4. The van der Waals surface area contributed by atoms with Crippen LogP contribution in [0.15, 0.2) is 35.7 Å². The maximum Gasteiger partial charge on any atom is 0.203 e. The van der Waals surface area contributed by atoms with Crippen LogP contribution in [0.2, 0.25) is 0 Å². The van der Waals surface area contributed by atoms with Crippen molar-refractivity contribution in [3.05, 3.63) is 52.0 Å². The van der Waals surface area contributed by atoms with Gasteiger partial charge in [0.25, 0.3) is 0 Å². The molecule has 0 amide bonds. The van der Waals surface area contributed by atoms with Crippen molar-refractivity contribution in [2.24, 2.45) is 0 Å². The lowest BCUT2D eigenvalue weighted by atomic mass is 10.1. The Kier molecular flexibility index (Phi) is 2.51. The molecule has 76 valence electrons. The van der Waals surface area contributed by atoms with Crippen molar-refractivity contribution in [3.8, 4) is 0 Å². The second-order valence-corrected chi connectivity index (χ2v) is 3.99. The van der Waals surface area contributed by atoms with Crippen molar-refractivity contribution < 1.29 is 9.18 Å². The molecule has 1 aromatic carbocycles. The predicted octanol–water partition coefficient (Wildman–Crippen LogP) is 2.70. The number of ketones is 1. The summed E-state index contributed by atoms with van der Waals surface area (Å²) in [5.74, 6) is -0.630. The van der Waals surface area contributed by atoms with Crippen LogP contribution in [-0.2, 0) is 0 Å². The average Bonchev–Trinajstić information content (AvgIpc) is 2.74. The number of rotatable bonds is 2. The van der Waals surface area contributed by atoms with Gasteiger partial charge < -0.3 is 5.73 Å². The quantitative estimate of drug-likeness (QED) is 0.626.